The third-order valence-electron chi connectivity index (χ3n) is 3.55. The highest BCUT2D eigenvalue weighted by atomic mass is 16.1. The lowest BCUT2D eigenvalue weighted by molar-refractivity contribution is -0.116. The zero-order valence-corrected chi connectivity index (χ0v) is 13.1. The van der Waals surface area contributed by atoms with Crippen LogP contribution in [0.4, 0.5) is 5.69 Å². The quantitative estimate of drug-likeness (QED) is 0.737. The van der Waals surface area contributed by atoms with Gasteiger partial charge >= 0.3 is 0 Å². The van der Waals surface area contributed by atoms with Gasteiger partial charge < -0.3 is 9.88 Å². The monoisotopic (exact) mass is 324 g/mol. The van der Waals surface area contributed by atoms with Crippen molar-refractivity contribution in [3.8, 4) is 11.3 Å². The third-order valence-corrected chi connectivity index (χ3v) is 3.55. The number of amides is 1. The molecule has 0 bridgehead atoms. The van der Waals surface area contributed by atoms with Gasteiger partial charge in [0.1, 0.15) is 12.7 Å². The van der Waals surface area contributed by atoms with Gasteiger partial charge in [-0.05, 0) is 24.6 Å². The first-order valence-corrected chi connectivity index (χ1v) is 7.41. The fraction of sp³-hybridized carbons (Fsp3) is 0.188. The van der Waals surface area contributed by atoms with Crippen LogP contribution in [0.15, 0.2) is 47.8 Å². The van der Waals surface area contributed by atoms with Crippen molar-refractivity contribution in [2.45, 2.75) is 19.9 Å². The molecular formula is C16H16N6O2. The van der Waals surface area contributed by atoms with Crippen molar-refractivity contribution in [3.05, 3.63) is 58.9 Å². The van der Waals surface area contributed by atoms with Crippen LogP contribution < -0.4 is 10.9 Å². The fourth-order valence-corrected chi connectivity index (χ4v) is 2.20. The smallest absolute Gasteiger partial charge is 0.264 e. The molecule has 0 aliphatic rings. The van der Waals surface area contributed by atoms with E-state index in [1.54, 1.807) is 23.3 Å². The highest BCUT2D eigenvalue weighted by Gasteiger charge is 2.08. The number of aromatic amines is 1. The van der Waals surface area contributed by atoms with Gasteiger partial charge in [-0.1, -0.05) is 12.1 Å². The van der Waals surface area contributed by atoms with Crippen LogP contribution in [-0.2, 0) is 11.3 Å². The molecule has 8 heteroatoms. The number of carbonyl (C=O) groups is 1. The zero-order chi connectivity index (χ0) is 16.9. The van der Waals surface area contributed by atoms with Crippen molar-refractivity contribution in [1.82, 2.24) is 25.0 Å². The van der Waals surface area contributed by atoms with Gasteiger partial charge in [0.2, 0.25) is 5.91 Å². The van der Waals surface area contributed by atoms with Crippen molar-refractivity contribution >= 4 is 11.6 Å². The van der Waals surface area contributed by atoms with Crippen molar-refractivity contribution in [2.24, 2.45) is 0 Å². The molecule has 0 saturated heterocycles. The first-order chi connectivity index (χ1) is 11.6. The van der Waals surface area contributed by atoms with Crippen LogP contribution in [0.5, 0.6) is 0 Å². The van der Waals surface area contributed by atoms with E-state index in [0.717, 1.165) is 11.1 Å². The number of rotatable bonds is 5. The van der Waals surface area contributed by atoms with Gasteiger partial charge in [-0.25, -0.2) is 5.10 Å². The minimum absolute atomic E-state index is 0.0987. The molecule has 0 saturated carbocycles. The molecule has 2 N–H and O–H groups in total. The van der Waals surface area contributed by atoms with Crippen molar-refractivity contribution < 1.29 is 4.79 Å². The Hall–Kier alpha value is -3.29. The molecule has 0 aliphatic heterocycles. The Bertz CT molecular complexity index is 881. The fourth-order valence-electron chi connectivity index (χ4n) is 2.20. The summed E-state index contributed by atoms with van der Waals surface area (Å²) in [5.41, 5.74) is 2.85. The Morgan fingerprint density at radius 3 is 2.71 bits per heavy atom. The number of H-pyrrole nitrogens is 1. The summed E-state index contributed by atoms with van der Waals surface area (Å²) >= 11 is 0. The summed E-state index contributed by atoms with van der Waals surface area (Å²) in [5.74, 6) is -0.0987. The molecular weight excluding hydrogens is 308 g/mol. The molecule has 2 aromatic heterocycles. The molecule has 3 aromatic rings. The average Bonchev–Trinajstić information content (AvgIpc) is 3.09. The van der Waals surface area contributed by atoms with E-state index in [9.17, 15) is 9.59 Å². The van der Waals surface area contributed by atoms with Gasteiger partial charge in [0.05, 0.1) is 5.69 Å². The predicted molar refractivity (Wildman–Crippen MR) is 88.3 cm³/mol. The van der Waals surface area contributed by atoms with E-state index in [-0.39, 0.29) is 11.5 Å². The van der Waals surface area contributed by atoms with Gasteiger partial charge in [-0.3, -0.25) is 9.59 Å². The van der Waals surface area contributed by atoms with Crippen molar-refractivity contribution in [2.75, 3.05) is 5.32 Å². The number of hydrogen-bond donors (Lipinski definition) is 2. The van der Waals surface area contributed by atoms with Crippen LogP contribution in [0.2, 0.25) is 0 Å². The summed E-state index contributed by atoms with van der Waals surface area (Å²) in [6, 6.07) is 8.69. The number of anilines is 1. The SMILES string of the molecule is Cc1ccc(-c2ccc(=O)[nH]n2)cc1NC(=O)CCn1cnnc1. The van der Waals surface area contributed by atoms with Gasteiger partial charge in [0, 0.05) is 30.3 Å². The van der Waals surface area contributed by atoms with E-state index < -0.39 is 0 Å². The second-order valence-corrected chi connectivity index (χ2v) is 5.33. The van der Waals surface area contributed by atoms with Crippen LogP contribution in [0.25, 0.3) is 11.3 Å². The molecule has 0 spiro atoms. The Morgan fingerprint density at radius 1 is 1.21 bits per heavy atom. The third kappa shape index (κ3) is 3.72. The summed E-state index contributed by atoms with van der Waals surface area (Å²) in [5, 5.41) is 16.7. The van der Waals surface area contributed by atoms with Crippen LogP contribution in [0.1, 0.15) is 12.0 Å². The molecule has 24 heavy (non-hydrogen) atoms. The largest absolute Gasteiger partial charge is 0.326 e. The number of hydrogen-bond acceptors (Lipinski definition) is 5. The molecule has 0 atom stereocenters. The summed E-state index contributed by atoms with van der Waals surface area (Å²) in [6.45, 7) is 2.43. The second-order valence-electron chi connectivity index (χ2n) is 5.33. The van der Waals surface area contributed by atoms with Crippen LogP contribution >= 0.6 is 0 Å². The normalized spacial score (nSPS) is 10.5. The lowest BCUT2D eigenvalue weighted by Gasteiger charge is -2.10. The Morgan fingerprint density at radius 2 is 2.00 bits per heavy atom. The number of carbonyl (C=O) groups excluding carboxylic acids is 1. The standard InChI is InChI=1S/C16H16N6O2/c1-11-2-3-12(13-4-5-16(24)21-20-13)8-14(11)19-15(23)6-7-22-9-17-18-10-22/h2-5,8-10H,6-7H2,1H3,(H,19,23)(H,21,24). The van der Waals surface area contributed by atoms with Gasteiger partial charge in [0.15, 0.2) is 0 Å². The summed E-state index contributed by atoms with van der Waals surface area (Å²) < 4.78 is 1.74. The molecule has 122 valence electrons. The van der Waals surface area contributed by atoms with Gasteiger partial charge in [-0.15, -0.1) is 10.2 Å². The molecule has 0 fully saturated rings. The zero-order valence-electron chi connectivity index (χ0n) is 13.1. The molecule has 1 aromatic carbocycles. The number of aromatic nitrogens is 5. The molecule has 2 heterocycles. The number of nitrogens with zero attached hydrogens (tertiary/aromatic N) is 4. The van der Waals surface area contributed by atoms with Crippen LogP contribution in [0.3, 0.4) is 0 Å². The maximum Gasteiger partial charge on any atom is 0.264 e. The molecule has 8 nitrogen and oxygen atoms in total. The second kappa shape index (κ2) is 6.86. The van der Waals surface area contributed by atoms with Crippen molar-refractivity contribution in [1.29, 1.82) is 0 Å². The first kappa shape index (κ1) is 15.6. The lowest BCUT2D eigenvalue weighted by Crippen LogP contribution is -2.15. The van der Waals surface area contributed by atoms with Gasteiger partial charge in [0.25, 0.3) is 5.56 Å². The van der Waals surface area contributed by atoms with E-state index in [0.29, 0.717) is 24.3 Å². The van der Waals surface area contributed by atoms with Crippen LogP contribution in [-0.4, -0.2) is 30.9 Å². The van der Waals surface area contributed by atoms with E-state index in [4.69, 9.17) is 0 Å². The Balaban J connectivity index is 1.72. The predicted octanol–water partition coefficient (Wildman–Crippen LogP) is 1.37. The van der Waals surface area contributed by atoms with Crippen LogP contribution in [0, 0.1) is 6.92 Å². The minimum atomic E-state index is -0.256. The summed E-state index contributed by atoms with van der Waals surface area (Å²) in [7, 11) is 0. The van der Waals surface area contributed by atoms with E-state index in [1.807, 2.05) is 25.1 Å². The lowest BCUT2D eigenvalue weighted by atomic mass is 10.1. The van der Waals surface area contributed by atoms with E-state index in [2.05, 4.69) is 25.7 Å². The number of benzene rings is 1. The van der Waals surface area contributed by atoms with E-state index >= 15 is 0 Å². The van der Waals surface area contributed by atoms with E-state index in [1.165, 1.54) is 6.07 Å². The number of aryl methyl sites for hydroxylation is 2. The summed E-state index contributed by atoms with van der Waals surface area (Å²) in [6.07, 6.45) is 3.46. The Labute approximate surface area is 137 Å². The van der Waals surface area contributed by atoms with Gasteiger partial charge in [-0.2, -0.15) is 5.10 Å². The molecule has 0 aliphatic carbocycles. The average molecular weight is 324 g/mol. The molecule has 3 rings (SSSR count). The maximum absolute atomic E-state index is 12.1. The molecule has 1 amide bonds. The van der Waals surface area contributed by atoms with Crippen molar-refractivity contribution in [3.63, 3.8) is 0 Å². The number of nitrogens with one attached hydrogen (secondary N) is 2. The highest BCUT2D eigenvalue weighted by molar-refractivity contribution is 5.92. The maximum atomic E-state index is 12.1. The Kier molecular flexibility index (Phi) is 4.46. The highest BCUT2D eigenvalue weighted by Crippen LogP contribution is 2.23. The topological polar surface area (TPSA) is 106 Å². The molecule has 0 unspecified atom stereocenters. The molecule has 0 radical (unpaired) electrons. The minimum Gasteiger partial charge on any atom is -0.326 e. The first-order valence-electron chi connectivity index (χ1n) is 7.41. The summed E-state index contributed by atoms with van der Waals surface area (Å²) in [4.78, 5) is 23.2.